The molecular weight excluding hydrogens is 314 g/mol. The summed E-state index contributed by atoms with van der Waals surface area (Å²) in [6.07, 6.45) is 3.29. The van der Waals surface area contributed by atoms with Gasteiger partial charge in [0.2, 0.25) is 5.91 Å². The van der Waals surface area contributed by atoms with Gasteiger partial charge in [-0.1, -0.05) is 11.6 Å². The highest BCUT2D eigenvalue weighted by atomic mass is 35.5. The Kier molecular flexibility index (Phi) is 5.88. The quantitative estimate of drug-likeness (QED) is 0.919. The molecule has 1 unspecified atom stereocenters. The largest absolute Gasteiger partial charge is 0.375 e. The summed E-state index contributed by atoms with van der Waals surface area (Å²) in [4.78, 5) is 27.8. The minimum Gasteiger partial charge on any atom is -0.375 e. The normalized spacial score (nSPS) is 17.7. The summed E-state index contributed by atoms with van der Waals surface area (Å²) in [6.45, 7) is 3.08. The maximum atomic E-state index is 12.4. The summed E-state index contributed by atoms with van der Waals surface area (Å²) in [6, 6.07) is 5.34. The van der Waals surface area contributed by atoms with Gasteiger partial charge in [0.1, 0.15) is 0 Å². The van der Waals surface area contributed by atoms with E-state index in [1.165, 1.54) is 11.3 Å². The van der Waals surface area contributed by atoms with Crippen LogP contribution >= 0.6 is 11.6 Å². The summed E-state index contributed by atoms with van der Waals surface area (Å²) in [5, 5.41) is 3.57. The number of carbonyl (C=O) groups is 2. The molecule has 1 fully saturated rings. The molecule has 1 aliphatic rings. The molecule has 1 aromatic carbocycles. The zero-order valence-corrected chi connectivity index (χ0v) is 14.7. The molecule has 1 aromatic rings. The Morgan fingerprint density at radius 1 is 1.35 bits per heavy atom. The first-order valence-electron chi connectivity index (χ1n) is 7.94. The third kappa shape index (κ3) is 4.38. The lowest BCUT2D eigenvalue weighted by molar-refractivity contribution is -0.132. The lowest BCUT2D eigenvalue weighted by atomic mass is 10.0. The molecule has 5 nitrogen and oxygen atoms in total. The number of piperidine rings is 1. The lowest BCUT2D eigenvalue weighted by Gasteiger charge is -2.33. The third-order valence-electron chi connectivity index (χ3n) is 4.17. The van der Waals surface area contributed by atoms with Gasteiger partial charge >= 0.3 is 0 Å². The van der Waals surface area contributed by atoms with Gasteiger partial charge in [0.15, 0.2) is 0 Å². The molecule has 0 saturated carbocycles. The summed E-state index contributed by atoms with van der Waals surface area (Å²) >= 11 is 6.17. The molecule has 0 spiro atoms. The number of halogens is 1. The van der Waals surface area contributed by atoms with Gasteiger partial charge in [-0.25, -0.2) is 0 Å². The molecule has 1 saturated heterocycles. The Hall–Kier alpha value is -1.75. The van der Waals surface area contributed by atoms with E-state index in [0.717, 1.165) is 19.4 Å². The number of nitrogens with zero attached hydrogens (tertiary/aromatic N) is 2. The molecule has 0 aliphatic carbocycles. The first-order valence-corrected chi connectivity index (χ1v) is 8.32. The van der Waals surface area contributed by atoms with Crippen LogP contribution in [0, 0.1) is 0 Å². The highest BCUT2D eigenvalue weighted by Gasteiger charge is 2.23. The van der Waals surface area contributed by atoms with Crippen LogP contribution in [0.25, 0.3) is 0 Å². The molecule has 1 atom stereocenters. The summed E-state index contributed by atoms with van der Waals surface area (Å²) in [5.41, 5.74) is 1.15. The van der Waals surface area contributed by atoms with E-state index < -0.39 is 0 Å². The van der Waals surface area contributed by atoms with Crippen molar-refractivity contribution in [2.75, 3.05) is 32.5 Å². The fourth-order valence-corrected chi connectivity index (χ4v) is 2.98. The van der Waals surface area contributed by atoms with Gasteiger partial charge in [0.25, 0.3) is 5.91 Å². The fourth-order valence-electron chi connectivity index (χ4n) is 2.79. The number of hydrogen-bond donors (Lipinski definition) is 1. The highest BCUT2D eigenvalue weighted by molar-refractivity contribution is 6.33. The van der Waals surface area contributed by atoms with E-state index in [1.807, 2.05) is 4.90 Å². The van der Waals surface area contributed by atoms with E-state index in [0.29, 0.717) is 16.3 Å². The average Bonchev–Trinajstić information content (AvgIpc) is 2.53. The summed E-state index contributed by atoms with van der Waals surface area (Å²) in [5.74, 6) is -0.0294. The Morgan fingerprint density at radius 2 is 2.09 bits per heavy atom. The molecular formula is C17H24ClN3O2. The van der Waals surface area contributed by atoms with Gasteiger partial charge in [-0.3, -0.25) is 9.59 Å². The van der Waals surface area contributed by atoms with Crippen molar-refractivity contribution in [2.45, 2.75) is 32.2 Å². The van der Waals surface area contributed by atoms with Crippen molar-refractivity contribution in [2.24, 2.45) is 0 Å². The smallest absolute Gasteiger partial charge is 0.253 e. The van der Waals surface area contributed by atoms with Crippen molar-refractivity contribution >= 4 is 29.1 Å². The van der Waals surface area contributed by atoms with Crippen LogP contribution in [0.2, 0.25) is 5.02 Å². The Labute approximate surface area is 142 Å². The number of likely N-dealkylation sites (tertiary alicyclic amines) is 1. The van der Waals surface area contributed by atoms with Crippen molar-refractivity contribution in [3.05, 3.63) is 28.8 Å². The Morgan fingerprint density at radius 3 is 2.74 bits per heavy atom. The molecule has 6 heteroatoms. The highest BCUT2D eigenvalue weighted by Crippen LogP contribution is 2.24. The fraction of sp³-hybridized carbons (Fsp3) is 0.529. The second-order valence-corrected chi connectivity index (χ2v) is 6.59. The van der Waals surface area contributed by atoms with Gasteiger partial charge in [-0.15, -0.1) is 0 Å². The monoisotopic (exact) mass is 337 g/mol. The van der Waals surface area contributed by atoms with Crippen LogP contribution in [0.5, 0.6) is 0 Å². The number of amides is 2. The van der Waals surface area contributed by atoms with Crippen LogP contribution in [0.4, 0.5) is 5.69 Å². The Balaban J connectivity index is 2.03. The van der Waals surface area contributed by atoms with Crippen molar-refractivity contribution < 1.29 is 9.59 Å². The predicted octanol–water partition coefficient (Wildman–Crippen LogP) is 2.85. The van der Waals surface area contributed by atoms with E-state index in [-0.39, 0.29) is 24.4 Å². The van der Waals surface area contributed by atoms with Crippen molar-refractivity contribution in [1.29, 1.82) is 0 Å². The molecule has 0 bridgehead atoms. The molecule has 2 rings (SSSR count). The van der Waals surface area contributed by atoms with Gasteiger partial charge in [-0.2, -0.15) is 0 Å². The molecule has 126 valence electrons. The second-order valence-electron chi connectivity index (χ2n) is 6.18. The van der Waals surface area contributed by atoms with Gasteiger partial charge < -0.3 is 15.1 Å². The van der Waals surface area contributed by atoms with E-state index in [4.69, 9.17) is 11.6 Å². The zero-order chi connectivity index (χ0) is 17.0. The number of anilines is 1. The lowest BCUT2D eigenvalue weighted by Crippen LogP contribution is -2.44. The second kappa shape index (κ2) is 7.68. The van der Waals surface area contributed by atoms with E-state index in [2.05, 4.69) is 12.2 Å². The molecule has 2 amide bonds. The maximum absolute atomic E-state index is 12.4. The van der Waals surface area contributed by atoms with Gasteiger partial charge in [-0.05, 0) is 44.4 Å². The third-order valence-corrected chi connectivity index (χ3v) is 4.50. The van der Waals surface area contributed by atoms with Crippen molar-refractivity contribution in [3.63, 3.8) is 0 Å². The summed E-state index contributed by atoms with van der Waals surface area (Å²) in [7, 11) is 3.40. The average molecular weight is 338 g/mol. The molecule has 1 N–H and O–H groups in total. The number of hydrogen-bond acceptors (Lipinski definition) is 3. The van der Waals surface area contributed by atoms with E-state index >= 15 is 0 Å². The molecule has 23 heavy (non-hydrogen) atoms. The molecule has 0 radical (unpaired) electrons. The van der Waals surface area contributed by atoms with Gasteiger partial charge in [0, 0.05) is 32.2 Å². The maximum Gasteiger partial charge on any atom is 0.253 e. The predicted molar refractivity (Wildman–Crippen MR) is 93.0 cm³/mol. The topological polar surface area (TPSA) is 52.7 Å². The standard InChI is InChI=1S/C17H24ClN3O2/c1-12-6-4-5-9-21(12)16(22)11-19-15-10-13(7-8-14(15)18)17(23)20(2)3/h7-8,10,12,19H,4-6,9,11H2,1-3H3. The van der Waals surface area contributed by atoms with Crippen LogP contribution in [0.3, 0.4) is 0 Å². The van der Waals surface area contributed by atoms with Crippen LogP contribution in [0.1, 0.15) is 36.5 Å². The van der Waals surface area contributed by atoms with Gasteiger partial charge in [0.05, 0.1) is 17.3 Å². The van der Waals surface area contributed by atoms with E-state index in [1.54, 1.807) is 32.3 Å². The molecule has 0 aromatic heterocycles. The first-order chi connectivity index (χ1) is 10.9. The Bertz CT molecular complexity index is 589. The zero-order valence-electron chi connectivity index (χ0n) is 13.9. The minimum absolute atomic E-state index is 0.0672. The SMILES string of the molecule is CC1CCCCN1C(=O)CNc1cc(C(=O)N(C)C)ccc1Cl. The molecule has 1 heterocycles. The van der Waals surface area contributed by atoms with Crippen molar-refractivity contribution in [1.82, 2.24) is 9.80 Å². The van der Waals surface area contributed by atoms with Crippen LogP contribution < -0.4 is 5.32 Å². The van der Waals surface area contributed by atoms with Crippen LogP contribution in [0.15, 0.2) is 18.2 Å². The van der Waals surface area contributed by atoms with E-state index in [9.17, 15) is 9.59 Å². The van der Waals surface area contributed by atoms with Crippen LogP contribution in [-0.4, -0.2) is 54.8 Å². The number of carbonyl (C=O) groups excluding carboxylic acids is 2. The van der Waals surface area contributed by atoms with Crippen molar-refractivity contribution in [3.8, 4) is 0 Å². The number of nitrogens with one attached hydrogen (secondary N) is 1. The molecule has 1 aliphatic heterocycles. The van der Waals surface area contributed by atoms with Crippen LogP contribution in [-0.2, 0) is 4.79 Å². The first kappa shape index (κ1) is 17.6. The minimum atomic E-state index is -0.0966. The number of rotatable bonds is 4. The number of benzene rings is 1. The summed E-state index contributed by atoms with van der Waals surface area (Å²) < 4.78 is 0.